The van der Waals surface area contributed by atoms with Gasteiger partial charge >= 0.3 is 5.97 Å². The first-order chi connectivity index (χ1) is 14.7. The minimum absolute atomic E-state index is 0.0295. The van der Waals surface area contributed by atoms with Gasteiger partial charge in [0.05, 0.1) is 0 Å². The fourth-order valence-corrected chi connectivity index (χ4v) is 3.68. The van der Waals surface area contributed by atoms with Crippen molar-refractivity contribution in [2.75, 3.05) is 5.75 Å². The molecule has 0 fully saturated rings. The lowest BCUT2D eigenvalue weighted by Crippen LogP contribution is -2.42. The van der Waals surface area contributed by atoms with Gasteiger partial charge in [0.1, 0.15) is 6.04 Å². The normalized spacial score (nSPS) is 12.8. The van der Waals surface area contributed by atoms with Crippen LogP contribution in [0.4, 0.5) is 0 Å². The number of benzene rings is 2. The van der Waals surface area contributed by atoms with Crippen molar-refractivity contribution in [3.05, 3.63) is 77.4 Å². The van der Waals surface area contributed by atoms with E-state index >= 15 is 0 Å². The third-order valence-corrected chi connectivity index (χ3v) is 5.90. The number of amides is 1. The van der Waals surface area contributed by atoms with Crippen molar-refractivity contribution in [3.63, 3.8) is 0 Å². The first-order valence-corrected chi connectivity index (χ1v) is 11.2. The number of hydrogen-bond donors (Lipinski definition) is 2. The van der Waals surface area contributed by atoms with Crippen LogP contribution in [0.1, 0.15) is 38.3 Å². The zero-order valence-electron chi connectivity index (χ0n) is 18.1. The number of aliphatic carboxylic acids is 1. The minimum atomic E-state index is -1.08. The number of carboxylic acid groups (broad SMARTS) is 1. The Bertz CT molecular complexity index is 918. The van der Waals surface area contributed by atoms with E-state index in [1.165, 1.54) is 0 Å². The first-order valence-electron chi connectivity index (χ1n) is 10.2. The Hall–Kier alpha value is -2.86. The number of carbonyl (C=O) groups is 3. The van der Waals surface area contributed by atoms with Crippen molar-refractivity contribution in [1.82, 2.24) is 5.32 Å². The summed E-state index contributed by atoms with van der Waals surface area (Å²) in [4.78, 5) is 37.1. The van der Waals surface area contributed by atoms with Gasteiger partial charge in [0, 0.05) is 16.7 Å². The lowest BCUT2D eigenvalue weighted by molar-refractivity contribution is -0.141. The van der Waals surface area contributed by atoms with E-state index < -0.39 is 23.3 Å². The molecule has 0 aliphatic carbocycles. The molecular formula is C25H29NO4S. The summed E-state index contributed by atoms with van der Waals surface area (Å²) in [6.07, 6.45) is 2.51. The van der Waals surface area contributed by atoms with Crippen LogP contribution < -0.4 is 5.32 Å². The Balaban J connectivity index is 2.14. The molecule has 1 atom stereocenters. The number of nitrogens with one attached hydrogen (secondary N) is 1. The number of hydrogen-bond acceptors (Lipinski definition) is 4. The van der Waals surface area contributed by atoms with E-state index in [9.17, 15) is 19.5 Å². The van der Waals surface area contributed by atoms with Crippen LogP contribution in [0.3, 0.4) is 0 Å². The Morgan fingerprint density at radius 3 is 2.13 bits per heavy atom. The second kappa shape index (κ2) is 11.5. The molecule has 1 amide bonds. The summed E-state index contributed by atoms with van der Waals surface area (Å²) in [7, 11) is 0. The maximum Gasteiger partial charge on any atom is 0.326 e. The van der Waals surface area contributed by atoms with Gasteiger partial charge in [-0.05, 0) is 30.0 Å². The molecule has 0 aromatic heterocycles. The molecule has 0 aliphatic rings. The van der Waals surface area contributed by atoms with E-state index in [0.717, 1.165) is 22.9 Å². The summed E-state index contributed by atoms with van der Waals surface area (Å²) in [5.74, 6) is -1.39. The molecule has 0 bridgehead atoms. The molecule has 0 spiro atoms. The van der Waals surface area contributed by atoms with Gasteiger partial charge in [0.2, 0.25) is 5.91 Å². The van der Waals surface area contributed by atoms with Crippen molar-refractivity contribution in [1.29, 1.82) is 0 Å². The third kappa shape index (κ3) is 8.42. The summed E-state index contributed by atoms with van der Waals surface area (Å²) in [5.41, 5.74) is 1.65. The molecule has 2 N–H and O–H groups in total. The van der Waals surface area contributed by atoms with Gasteiger partial charge in [-0.25, -0.2) is 4.79 Å². The number of carboxylic acids is 1. The lowest BCUT2D eigenvalue weighted by atomic mass is 10.00. The fraction of sp³-hybridized carbons (Fsp3) is 0.320. The Morgan fingerprint density at radius 2 is 1.58 bits per heavy atom. The molecular weight excluding hydrogens is 410 g/mol. The van der Waals surface area contributed by atoms with Crippen LogP contribution in [0.5, 0.6) is 0 Å². The van der Waals surface area contributed by atoms with Gasteiger partial charge in [-0.15, -0.1) is 0 Å². The zero-order chi connectivity index (χ0) is 22.9. The Kier molecular flexibility index (Phi) is 9.06. The van der Waals surface area contributed by atoms with Gasteiger partial charge in [-0.2, -0.15) is 0 Å². The predicted molar refractivity (Wildman–Crippen MR) is 126 cm³/mol. The van der Waals surface area contributed by atoms with Crippen molar-refractivity contribution < 1.29 is 19.5 Å². The smallest absolute Gasteiger partial charge is 0.326 e. The molecule has 31 heavy (non-hydrogen) atoms. The fourth-order valence-electron chi connectivity index (χ4n) is 2.75. The number of thioether (sulfide) groups is 1. The summed E-state index contributed by atoms with van der Waals surface area (Å²) < 4.78 is 0. The molecule has 6 heteroatoms. The molecule has 0 heterocycles. The minimum Gasteiger partial charge on any atom is -0.480 e. The molecule has 2 aromatic carbocycles. The average Bonchev–Trinajstić information content (AvgIpc) is 2.74. The van der Waals surface area contributed by atoms with Crippen LogP contribution >= 0.6 is 11.8 Å². The molecule has 2 rings (SSSR count). The summed E-state index contributed by atoms with van der Waals surface area (Å²) >= 11 is 1.07. The van der Waals surface area contributed by atoms with Gasteiger partial charge in [-0.3, -0.25) is 9.59 Å². The summed E-state index contributed by atoms with van der Waals surface area (Å²) in [6, 6.07) is 17.8. The van der Waals surface area contributed by atoms with Crippen LogP contribution in [0.15, 0.2) is 66.2 Å². The molecule has 2 aromatic rings. The first kappa shape index (κ1) is 24.4. The highest BCUT2D eigenvalue weighted by atomic mass is 32.2. The lowest BCUT2D eigenvalue weighted by Gasteiger charge is -2.18. The highest BCUT2D eigenvalue weighted by Gasteiger charge is 2.25. The molecule has 0 unspecified atom stereocenters. The highest BCUT2D eigenvalue weighted by Crippen LogP contribution is 2.25. The topological polar surface area (TPSA) is 83.5 Å². The van der Waals surface area contributed by atoms with E-state index in [1.54, 1.807) is 6.08 Å². The maximum absolute atomic E-state index is 13.0. The van der Waals surface area contributed by atoms with Crippen LogP contribution in [0, 0.1) is 5.41 Å². The molecule has 0 radical (unpaired) electrons. The van der Waals surface area contributed by atoms with Crippen molar-refractivity contribution >= 4 is 34.8 Å². The van der Waals surface area contributed by atoms with Gasteiger partial charge in [0.15, 0.2) is 5.12 Å². The number of carbonyl (C=O) groups excluding carboxylic acids is 2. The summed E-state index contributed by atoms with van der Waals surface area (Å²) in [6.45, 7) is 5.48. The van der Waals surface area contributed by atoms with E-state index in [2.05, 4.69) is 5.32 Å². The van der Waals surface area contributed by atoms with E-state index in [-0.39, 0.29) is 17.3 Å². The quantitative estimate of drug-likeness (QED) is 0.559. The van der Waals surface area contributed by atoms with Crippen LogP contribution in [-0.4, -0.2) is 33.9 Å². The van der Waals surface area contributed by atoms with Crippen molar-refractivity contribution in [2.45, 2.75) is 39.7 Å². The summed E-state index contributed by atoms with van der Waals surface area (Å²) in [5, 5.41) is 12.2. The molecule has 0 aliphatic heterocycles. The van der Waals surface area contributed by atoms with E-state index in [1.807, 2.05) is 81.4 Å². The predicted octanol–water partition coefficient (Wildman–Crippen LogP) is 4.58. The largest absolute Gasteiger partial charge is 0.480 e. The van der Waals surface area contributed by atoms with Crippen LogP contribution in [-0.2, 0) is 20.8 Å². The number of aryl methyl sites for hydroxylation is 1. The van der Waals surface area contributed by atoms with Crippen LogP contribution in [0.2, 0.25) is 0 Å². The second-order valence-electron chi connectivity index (χ2n) is 8.29. The third-order valence-electron chi connectivity index (χ3n) is 4.57. The SMILES string of the molecule is CC(C)(C)C(=O)SC/C(=C/c1ccccc1)C(=O)N[C@@H](CCc1ccccc1)C(=O)O. The molecule has 5 nitrogen and oxygen atoms in total. The van der Waals surface area contributed by atoms with Gasteiger partial charge in [0.25, 0.3) is 0 Å². The average molecular weight is 440 g/mol. The van der Waals surface area contributed by atoms with Crippen molar-refractivity contribution in [2.24, 2.45) is 5.41 Å². The maximum atomic E-state index is 13.0. The number of rotatable bonds is 9. The zero-order valence-corrected chi connectivity index (χ0v) is 18.9. The molecule has 164 valence electrons. The van der Waals surface area contributed by atoms with Crippen LogP contribution in [0.25, 0.3) is 6.08 Å². The van der Waals surface area contributed by atoms with Gasteiger partial charge in [-0.1, -0.05) is 93.2 Å². The standard InChI is InChI=1S/C25H29NO4S/c1-25(2,3)24(30)31-17-20(16-19-12-8-5-9-13-19)22(27)26-21(23(28)29)15-14-18-10-6-4-7-11-18/h4-13,16,21H,14-15,17H2,1-3H3,(H,26,27)(H,28,29)/b20-16-/t21-/m0/s1. The Labute approximate surface area is 187 Å². The Morgan fingerprint density at radius 1 is 1.00 bits per heavy atom. The molecule has 0 saturated carbocycles. The van der Waals surface area contributed by atoms with E-state index in [4.69, 9.17) is 0 Å². The highest BCUT2D eigenvalue weighted by molar-refractivity contribution is 8.13. The van der Waals surface area contributed by atoms with Gasteiger partial charge < -0.3 is 10.4 Å². The van der Waals surface area contributed by atoms with Crippen molar-refractivity contribution in [3.8, 4) is 0 Å². The van der Waals surface area contributed by atoms with E-state index in [0.29, 0.717) is 12.0 Å². The monoisotopic (exact) mass is 439 g/mol. The molecule has 0 saturated heterocycles. The second-order valence-corrected chi connectivity index (χ2v) is 9.24.